The number of nitrogens with zero attached hydrogens (tertiary/aromatic N) is 4. The number of nitro groups is 1. The third kappa shape index (κ3) is 7.66. The number of imide groups is 1. The highest BCUT2D eigenvalue weighted by atomic mass is 19.4. The van der Waals surface area contributed by atoms with Crippen molar-refractivity contribution in [1.29, 1.82) is 0 Å². The van der Waals surface area contributed by atoms with Gasteiger partial charge in [0.05, 0.1) is 30.8 Å². The second-order valence-electron chi connectivity index (χ2n) is 9.84. The molecule has 2 heterocycles. The zero-order chi connectivity index (χ0) is 33.6. The Morgan fingerprint density at radius 2 is 1.84 bits per heavy atom. The fourth-order valence-corrected chi connectivity index (χ4v) is 4.61. The second-order valence-corrected chi connectivity index (χ2v) is 9.84. The maximum atomic E-state index is 14.6. The van der Waals surface area contributed by atoms with E-state index in [-0.39, 0.29) is 37.8 Å². The van der Waals surface area contributed by atoms with Crippen LogP contribution in [-0.4, -0.2) is 64.3 Å². The summed E-state index contributed by atoms with van der Waals surface area (Å²) in [7, 11) is 0. The van der Waals surface area contributed by atoms with E-state index in [2.05, 4.69) is 18.1 Å². The Labute approximate surface area is 253 Å². The van der Waals surface area contributed by atoms with Crippen LogP contribution in [0.1, 0.15) is 40.9 Å². The van der Waals surface area contributed by atoms with E-state index >= 15 is 0 Å². The second kappa shape index (κ2) is 14.2. The summed E-state index contributed by atoms with van der Waals surface area (Å²) in [6.45, 7) is 5.74. The van der Waals surface area contributed by atoms with E-state index in [0.29, 0.717) is 0 Å². The highest BCUT2D eigenvalue weighted by Crippen LogP contribution is 2.42. The Kier molecular flexibility index (Phi) is 11.1. The normalized spacial score (nSPS) is 16.9. The molecule has 2 aromatic rings. The van der Waals surface area contributed by atoms with E-state index in [4.69, 9.17) is 15.3 Å². The molecular weight excluding hydrogens is 616 g/mol. The van der Waals surface area contributed by atoms with E-state index in [9.17, 15) is 46.0 Å². The number of halogens is 6. The van der Waals surface area contributed by atoms with Crippen molar-refractivity contribution in [1.82, 2.24) is 9.99 Å². The minimum atomic E-state index is -5.49. The van der Waals surface area contributed by atoms with Crippen LogP contribution in [0.3, 0.4) is 0 Å². The minimum Gasteiger partial charge on any atom is -0.377 e. The molecule has 1 saturated heterocycles. The molecule has 45 heavy (non-hydrogen) atoms. The van der Waals surface area contributed by atoms with E-state index in [1.165, 1.54) is 30.3 Å². The van der Waals surface area contributed by atoms with Crippen molar-refractivity contribution in [2.75, 3.05) is 24.7 Å². The smallest absolute Gasteiger partial charge is 0.377 e. The van der Waals surface area contributed by atoms with Crippen LogP contribution in [0.4, 0.5) is 37.8 Å². The summed E-state index contributed by atoms with van der Waals surface area (Å²) in [6, 6.07) is 6.62. The first-order valence-corrected chi connectivity index (χ1v) is 13.3. The zero-order valence-electron chi connectivity index (χ0n) is 23.6. The highest BCUT2D eigenvalue weighted by molar-refractivity contribution is 6.08. The van der Waals surface area contributed by atoms with Crippen LogP contribution in [0.15, 0.2) is 61.7 Å². The summed E-state index contributed by atoms with van der Waals surface area (Å²) in [5, 5.41) is 11.3. The average Bonchev–Trinajstić information content (AvgIpc) is 2.99. The van der Waals surface area contributed by atoms with Gasteiger partial charge in [-0.2, -0.15) is 26.3 Å². The van der Waals surface area contributed by atoms with Gasteiger partial charge in [0, 0.05) is 12.6 Å². The number of amides is 2. The number of hydrazine groups is 1. The summed E-state index contributed by atoms with van der Waals surface area (Å²) in [4.78, 5) is 42.1. The topological polar surface area (TPSA) is 141 Å². The lowest BCUT2D eigenvalue weighted by Crippen LogP contribution is -2.62. The molecule has 1 aromatic carbocycles. The SMILES string of the molecule is C=CCCC(OCc1ccccc1)(C(=O)N(N)C(=O)c1nc(N2CCOC[C@H]2CC=C)c(C(F)(F)F)cc1[N+](=O)[O-])C(F)(F)F. The molecule has 2 amide bonds. The van der Waals surface area contributed by atoms with Crippen molar-refractivity contribution >= 4 is 23.3 Å². The number of pyridine rings is 1. The van der Waals surface area contributed by atoms with Crippen LogP contribution in [0, 0.1) is 10.1 Å². The molecule has 1 aliphatic heterocycles. The molecule has 3 rings (SSSR count). The maximum Gasteiger partial charge on any atom is 0.426 e. The molecule has 0 saturated carbocycles. The molecule has 0 aliphatic carbocycles. The lowest BCUT2D eigenvalue weighted by Gasteiger charge is -2.37. The van der Waals surface area contributed by atoms with Gasteiger partial charge in [-0.1, -0.05) is 42.5 Å². The fourth-order valence-electron chi connectivity index (χ4n) is 4.61. The number of hydrogen-bond acceptors (Lipinski definition) is 9. The van der Waals surface area contributed by atoms with Gasteiger partial charge >= 0.3 is 23.9 Å². The number of carbonyl (C=O) groups is 2. The third-order valence-electron chi connectivity index (χ3n) is 6.89. The van der Waals surface area contributed by atoms with Crippen LogP contribution < -0.4 is 10.7 Å². The maximum absolute atomic E-state index is 14.6. The monoisotopic (exact) mass is 645 g/mol. The Balaban J connectivity index is 2.16. The van der Waals surface area contributed by atoms with E-state index in [0.717, 1.165) is 11.0 Å². The van der Waals surface area contributed by atoms with Crippen molar-refractivity contribution in [2.24, 2.45) is 5.84 Å². The van der Waals surface area contributed by atoms with Gasteiger partial charge in [-0.3, -0.25) is 19.7 Å². The number of nitrogens with two attached hydrogens (primary N) is 1. The molecule has 11 nitrogen and oxygen atoms in total. The first-order valence-electron chi connectivity index (χ1n) is 13.3. The van der Waals surface area contributed by atoms with Crippen LogP contribution in [0.2, 0.25) is 0 Å². The van der Waals surface area contributed by atoms with E-state index in [1.54, 1.807) is 6.07 Å². The number of rotatable bonds is 12. The number of benzene rings is 1. The predicted octanol–water partition coefficient (Wildman–Crippen LogP) is 5.12. The van der Waals surface area contributed by atoms with Crippen molar-refractivity contribution in [2.45, 2.75) is 49.9 Å². The molecule has 244 valence electrons. The van der Waals surface area contributed by atoms with Crippen LogP contribution in [-0.2, 0) is 27.1 Å². The number of ether oxygens (including phenoxy) is 2. The number of alkyl halides is 6. The standard InChI is InChI=1S/C28H29F6N5O6/c1-3-5-12-26(28(32,33)34,45-16-18-10-7-6-8-11-18)25(41)38(35)24(40)22-21(39(42)43)15-20(27(29,30)31)23(36-22)37-13-14-44-17-19(37)9-4-2/h3-4,6-8,10-11,15,19H,1-2,5,9,12-14,16-17,35H2/t19-,26?/m1/s1. The summed E-state index contributed by atoms with van der Waals surface area (Å²) in [5.41, 5.74) is -8.08. The van der Waals surface area contributed by atoms with Crippen molar-refractivity contribution in [3.63, 3.8) is 0 Å². The van der Waals surface area contributed by atoms with Gasteiger partial charge in [-0.15, -0.1) is 13.2 Å². The number of carbonyl (C=O) groups excluding carboxylic acids is 2. The number of aromatic nitrogens is 1. The molecule has 2 N–H and O–H groups in total. The van der Waals surface area contributed by atoms with Crippen LogP contribution in [0.25, 0.3) is 0 Å². The molecule has 17 heteroatoms. The van der Waals surface area contributed by atoms with Crippen LogP contribution >= 0.6 is 0 Å². The molecular formula is C28H29F6N5O6. The summed E-state index contributed by atoms with van der Waals surface area (Å²) < 4.78 is 96.8. The number of allylic oxidation sites excluding steroid dienone is 1. The lowest BCUT2D eigenvalue weighted by atomic mass is 9.94. The van der Waals surface area contributed by atoms with Gasteiger partial charge in [-0.05, 0) is 24.8 Å². The van der Waals surface area contributed by atoms with Crippen molar-refractivity contribution in [3.05, 3.63) is 88.6 Å². The molecule has 0 spiro atoms. The molecule has 0 bridgehead atoms. The molecule has 0 radical (unpaired) electrons. The lowest BCUT2D eigenvalue weighted by molar-refractivity contribution is -0.385. The predicted molar refractivity (Wildman–Crippen MR) is 147 cm³/mol. The van der Waals surface area contributed by atoms with Crippen LogP contribution in [0.5, 0.6) is 0 Å². The molecule has 1 unspecified atom stereocenters. The van der Waals surface area contributed by atoms with Gasteiger partial charge in [-0.25, -0.2) is 15.8 Å². The molecule has 2 atom stereocenters. The van der Waals surface area contributed by atoms with E-state index in [1.807, 2.05) is 0 Å². The Morgan fingerprint density at radius 3 is 2.40 bits per heavy atom. The van der Waals surface area contributed by atoms with Gasteiger partial charge in [0.1, 0.15) is 11.4 Å². The number of morpholine rings is 1. The molecule has 1 fully saturated rings. The quantitative estimate of drug-likeness (QED) is 0.0832. The minimum absolute atomic E-state index is 0.0228. The molecule has 1 aromatic heterocycles. The average molecular weight is 646 g/mol. The fraction of sp³-hybridized carbons (Fsp3) is 0.393. The summed E-state index contributed by atoms with van der Waals surface area (Å²) >= 11 is 0. The Bertz CT molecular complexity index is 1420. The van der Waals surface area contributed by atoms with E-state index < -0.39 is 88.0 Å². The highest BCUT2D eigenvalue weighted by Gasteiger charge is 2.63. The largest absolute Gasteiger partial charge is 0.426 e. The first kappa shape index (κ1) is 35.1. The van der Waals surface area contributed by atoms with Crippen molar-refractivity contribution < 1.29 is 50.3 Å². The van der Waals surface area contributed by atoms with Gasteiger partial charge in [0.2, 0.25) is 11.3 Å². The first-order chi connectivity index (χ1) is 21.1. The number of anilines is 1. The van der Waals surface area contributed by atoms with Gasteiger partial charge in [0.25, 0.3) is 5.91 Å². The Morgan fingerprint density at radius 1 is 1.18 bits per heavy atom. The van der Waals surface area contributed by atoms with Crippen molar-refractivity contribution in [3.8, 4) is 0 Å². The Hall–Kier alpha value is -4.35. The molecule has 1 aliphatic rings. The zero-order valence-corrected chi connectivity index (χ0v) is 23.6. The third-order valence-corrected chi connectivity index (χ3v) is 6.89. The van der Waals surface area contributed by atoms with Gasteiger partial charge in [0.15, 0.2) is 0 Å². The number of hydrogen-bond donors (Lipinski definition) is 1. The summed E-state index contributed by atoms with van der Waals surface area (Å²) in [5.74, 6) is 0.525. The summed E-state index contributed by atoms with van der Waals surface area (Å²) in [6.07, 6.45) is -9.74. The van der Waals surface area contributed by atoms with Gasteiger partial charge < -0.3 is 14.4 Å².